The molecule has 0 fully saturated rings. The molecule has 0 aliphatic rings. The average Bonchev–Trinajstić information content (AvgIpc) is 2.09. The molecular formula is C7H7Cl2FN2O2. The van der Waals surface area contributed by atoms with Crippen LogP contribution < -0.4 is 5.73 Å². The highest BCUT2D eigenvalue weighted by Crippen LogP contribution is 2.28. The van der Waals surface area contributed by atoms with E-state index in [4.69, 9.17) is 17.3 Å². The van der Waals surface area contributed by atoms with Gasteiger partial charge in [0.15, 0.2) is 5.02 Å². The van der Waals surface area contributed by atoms with Crippen molar-refractivity contribution in [2.24, 2.45) is 5.73 Å². The summed E-state index contributed by atoms with van der Waals surface area (Å²) in [6.45, 7) is 0.0366. The number of nitrogens with two attached hydrogens (primary N) is 1. The third kappa shape index (κ3) is 2.54. The summed E-state index contributed by atoms with van der Waals surface area (Å²) in [5.41, 5.74) is 5.09. The van der Waals surface area contributed by atoms with Crippen molar-refractivity contribution in [1.82, 2.24) is 0 Å². The zero-order chi connectivity index (χ0) is 10.0. The fourth-order valence-corrected chi connectivity index (χ4v) is 1.06. The largest absolute Gasteiger partial charge is 0.326 e. The van der Waals surface area contributed by atoms with Crippen LogP contribution in [0.25, 0.3) is 0 Å². The van der Waals surface area contributed by atoms with Crippen LogP contribution >= 0.6 is 24.0 Å². The lowest BCUT2D eigenvalue weighted by molar-refractivity contribution is -0.384. The molecule has 0 bridgehead atoms. The molecule has 14 heavy (non-hydrogen) atoms. The van der Waals surface area contributed by atoms with Gasteiger partial charge in [0.2, 0.25) is 0 Å². The Bertz CT molecular complexity index is 360. The number of benzene rings is 1. The summed E-state index contributed by atoms with van der Waals surface area (Å²) in [6.07, 6.45) is 0. The second kappa shape index (κ2) is 5.09. The highest BCUT2D eigenvalue weighted by atomic mass is 35.5. The average molecular weight is 241 g/mol. The Morgan fingerprint density at radius 1 is 1.57 bits per heavy atom. The van der Waals surface area contributed by atoms with E-state index in [2.05, 4.69) is 0 Å². The van der Waals surface area contributed by atoms with E-state index in [0.29, 0.717) is 5.56 Å². The fraction of sp³-hybridized carbons (Fsp3) is 0.143. The molecule has 2 N–H and O–H groups in total. The van der Waals surface area contributed by atoms with Gasteiger partial charge < -0.3 is 5.73 Å². The van der Waals surface area contributed by atoms with Gasteiger partial charge in [0.05, 0.1) is 4.92 Å². The molecule has 0 saturated carbocycles. The van der Waals surface area contributed by atoms with E-state index in [9.17, 15) is 14.5 Å². The number of halogens is 3. The Balaban J connectivity index is 0.00000169. The van der Waals surface area contributed by atoms with Crippen LogP contribution in [-0.4, -0.2) is 4.92 Å². The number of nitrogens with zero attached hydrogens (tertiary/aromatic N) is 1. The highest BCUT2D eigenvalue weighted by Gasteiger charge is 2.17. The van der Waals surface area contributed by atoms with Crippen LogP contribution in [0.2, 0.25) is 5.02 Å². The van der Waals surface area contributed by atoms with Gasteiger partial charge in [0.25, 0.3) is 5.69 Å². The van der Waals surface area contributed by atoms with Crippen molar-refractivity contribution in [3.05, 3.63) is 38.7 Å². The maximum atomic E-state index is 12.9. The number of nitro groups is 1. The standard InChI is InChI=1S/C7H6ClFN2O2.ClH/c8-7-5(9)1-4(3-10)2-6(7)11(12)13;/h1-2H,3,10H2;1H. The van der Waals surface area contributed by atoms with E-state index in [1.54, 1.807) is 0 Å². The SMILES string of the molecule is Cl.NCc1cc(F)c(Cl)c([N+](=O)[O-])c1. The van der Waals surface area contributed by atoms with Crippen molar-refractivity contribution in [2.45, 2.75) is 6.54 Å². The minimum Gasteiger partial charge on any atom is -0.326 e. The number of hydrogen-bond donors (Lipinski definition) is 1. The van der Waals surface area contributed by atoms with E-state index < -0.39 is 21.5 Å². The molecule has 0 radical (unpaired) electrons. The smallest absolute Gasteiger partial charge is 0.291 e. The summed E-state index contributed by atoms with van der Waals surface area (Å²) >= 11 is 5.36. The second-order valence-electron chi connectivity index (χ2n) is 2.37. The molecule has 0 aliphatic heterocycles. The highest BCUT2D eigenvalue weighted by molar-refractivity contribution is 6.32. The molecule has 0 atom stereocenters. The zero-order valence-electron chi connectivity index (χ0n) is 6.87. The predicted molar refractivity (Wildman–Crippen MR) is 53.2 cm³/mol. The van der Waals surface area contributed by atoms with Crippen LogP contribution in [0.3, 0.4) is 0 Å². The van der Waals surface area contributed by atoms with Gasteiger partial charge in [-0.15, -0.1) is 12.4 Å². The van der Waals surface area contributed by atoms with Crippen molar-refractivity contribution in [3.8, 4) is 0 Å². The molecule has 0 amide bonds. The molecule has 0 saturated heterocycles. The Labute approximate surface area is 90.4 Å². The molecule has 7 heteroatoms. The molecule has 78 valence electrons. The van der Waals surface area contributed by atoms with Crippen molar-refractivity contribution in [1.29, 1.82) is 0 Å². The van der Waals surface area contributed by atoms with Crippen LogP contribution in [0, 0.1) is 15.9 Å². The van der Waals surface area contributed by atoms with Crippen LogP contribution in [-0.2, 0) is 6.54 Å². The lowest BCUT2D eigenvalue weighted by atomic mass is 10.2. The molecule has 1 rings (SSSR count). The monoisotopic (exact) mass is 240 g/mol. The Hall–Kier alpha value is -0.910. The van der Waals surface area contributed by atoms with E-state index in [-0.39, 0.29) is 19.0 Å². The van der Waals surface area contributed by atoms with Crippen molar-refractivity contribution >= 4 is 29.7 Å². The lowest BCUT2D eigenvalue weighted by Crippen LogP contribution is -2.00. The molecule has 0 heterocycles. The van der Waals surface area contributed by atoms with Crippen LogP contribution in [0.15, 0.2) is 12.1 Å². The van der Waals surface area contributed by atoms with Gasteiger partial charge in [-0.25, -0.2) is 4.39 Å². The third-order valence-electron chi connectivity index (χ3n) is 1.50. The summed E-state index contributed by atoms with van der Waals surface area (Å²) in [6, 6.07) is 2.24. The predicted octanol–water partition coefficient (Wildman–Crippen LogP) is 2.27. The summed E-state index contributed by atoms with van der Waals surface area (Å²) < 4.78 is 12.9. The summed E-state index contributed by atoms with van der Waals surface area (Å²) in [7, 11) is 0. The first-order chi connectivity index (χ1) is 6.06. The minimum atomic E-state index is -0.823. The first kappa shape index (κ1) is 13.1. The van der Waals surface area contributed by atoms with E-state index in [1.165, 1.54) is 0 Å². The van der Waals surface area contributed by atoms with Gasteiger partial charge in [-0.05, 0) is 11.6 Å². The molecule has 4 nitrogen and oxygen atoms in total. The summed E-state index contributed by atoms with van der Waals surface area (Å²) in [4.78, 5) is 9.61. The summed E-state index contributed by atoms with van der Waals surface area (Å²) in [5.74, 6) is -0.823. The van der Waals surface area contributed by atoms with Crippen LogP contribution in [0.1, 0.15) is 5.56 Å². The topological polar surface area (TPSA) is 69.2 Å². The fourth-order valence-electron chi connectivity index (χ4n) is 0.880. The summed E-state index contributed by atoms with van der Waals surface area (Å²) in [5, 5.41) is 9.87. The van der Waals surface area contributed by atoms with Gasteiger partial charge in [0, 0.05) is 12.6 Å². The van der Waals surface area contributed by atoms with Gasteiger partial charge in [-0.3, -0.25) is 10.1 Å². The maximum absolute atomic E-state index is 12.9. The second-order valence-corrected chi connectivity index (χ2v) is 2.75. The number of hydrogen-bond acceptors (Lipinski definition) is 3. The molecule has 1 aromatic rings. The first-order valence-electron chi connectivity index (χ1n) is 3.38. The van der Waals surface area contributed by atoms with Gasteiger partial charge in [0.1, 0.15) is 5.82 Å². The van der Waals surface area contributed by atoms with E-state index >= 15 is 0 Å². The molecular weight excluding hydrogens is 234 g/mol. The normalized spacial score (nSPS) is 9.36. The Morgan fingerprint density at radius 2 is 2.14 bits per heavy atom. The van der Waals surface area contributed by atoms with Gasteiger partial charge in [-0.2, -0.15) is 0 Å². The molecule has 0 aromatic heterocycles. The molecule has 0 aliphatic carbocycles. The number of nitro benzene ring substituents is 1. The molecule has 0 unspecified atom stereocenters. The molecule has 1 aromatic carbocycles. The Kier molecular flexibility index (Phi) is 4.76. The number of rotatable bonds is 2. The van der Waals surface area contributed by atoms with Crippen LogP contribution in [0.4, 0.5) is 10.1 Å². The van der Waals surface area contributed by atoms with E-state index in [0.717, 1.165) is 12.1 Å². The first-order valence-corrected chi connectivity index (χ1v) is 3.76. The van der Waals surface area contributed by atoms with E-state index in [1.807, 2.05) is 0 Å². The Morgan fingerprint density at radius 3 is 2.57 bits per heavy atom. The van der Waals surface area contributed by atoms with Crippen molar-refractivity contribution in [2.75, 3.05) is 0 Å². The van der Waals surface area contributed by atoms with Crippen molar-refractivity contribution in [3.63, 3.8) is 0 Å². The van der Waals surface area contributed by atoms with Gasteiger partial charge in [-0.1, -0.05) is 11.6 Å². The molecule has 0 spiro atoms. The minimum absolute atomic E-state index is 0. The quantitative estimate of drug-likeness (QED) is 0.637. The third-order valence-corrected chi connectivity index (χ3v) is 1.88. The maximum Gasteiger partial charge on any atom is 0.291 e. The zero-order valence-corrected chi connectivity index (χ0v) is 8.44. The van der Waals surface area contributed by atoms with Crippen molar-refractivity contribution < 1.29 is 9.31 Å². The van der Waals surface area contributed by atoms with Gasteiger partial charge >= 0.3 is 0 Å². The lowest BCUT2D eigenvalue weighted by Gasteiger charge is -2.00. The van der Waals surface area contributed by atoms with Crippen LogP contribution in [0.5, 0.6) is 0 Å².